The van der Waals surface area contributed by atoms with E-state index in [1.54, 1.807) is 0 Å². The van der Waals surface area contributed by atoms with Gasteiger partial charge in [0.2, 0.25) is 0 Å². The highest BCUT2D eigenvalue weighted by Gasteiger charge is 2.53. The Hall–Kier alpha value is 0.870. The maximum Gasteiger partial charge on any atom is 0.123 e. The van der Waals surface area contributed by atoms with Crippen LogP contribution in [-0.4, -0.2) is 9.71 Å². The second-order valence-corrected chi connectivity index (χ2v) is 4.48. The molecule has 0 spiro atoms. The summed E-state index contributed by atoms with van der Waals surface area (Å²) in [5.41, 5.74) is 0. The first-order valence-corrected chi connectivity index (χ1v) is 3.75. The normalized spacial score (nSPS) is 36.8. The summed E-state index contributed by atoms with van der Waals surface area (Å²) in [6.45, 7) is 1.92. The van der Waals surface area contributed by atoms with Crippen molar-refractivity contribution in [2.24, 2.45) is 5.92 Å². The third-order valence-electron chi connectivity index (χ3n) is 1.43. The van der Waals surface area contributed by atoms with Gasteiger partial charge in [0.05, 0.1) is 0 Å². The molecular formula is C5H7Cl3. The maximum atomic E-state index is 5.69. The highest BCUT2D eigenvalue weighted by molar-refractivity contribution is 6.51. The van der Waals surface area contributed by atoms with Crippen molar-refractivity contribution in [1.29, 1.82) is 0 Å². The zero-order chi connectivity index (χ0) is 6.36. The number of hydrogen-bond donors (Lipinski definition) is 0. The van der Waals surface area contributed by atoms with E-state index < -0.39 is 4.33 Å². The van der Waals surface area contributed by atoms with Gasteiger partial charge in [-0.05, 0) is 13.3 Å². The molecule has 0 aliphatic heterocycles. The van der Waals surface area contributed by atoms with Gasteiger partial charge >= 0.3 is 0 Å². The molecule has 1 aliphatic rings. The molecule has 0 bridgehead atoms. The Morgan fingerprint density at radius 2 is 2.00 bits per heavy atom. The minimum Gasteiger partial charge on any atom is -0.123 e. The van der Waals surface area contributed by atoms with Crippen LogP contribution in [0.3, 0.4) is 0 Å². The summed E-state index contributed by atoms with van der Waals surface area (Å²) in [4.78, 5) is 0. The lowest BCUT2D eigenvalue weighted by Crippen LogP contribution is -2.00. The Morgan fingerprint density at radius 3 is 2.00 bits per heavy atom. The number of rotatable bonds is 1. The second-order valence-electron chi connectivity index (χ2n) is 2.25. The van der Waals surface area contributed by atoms with Crippen molar-refractivity contribution in [3.8, 4) is 0 Å². The molecule has 48 valence electrons. The Labute approximate surface area is 64.1 Å². The molecule has 1 fully saturated rings. The van der Waals surface area contributed by atoms with E-state index in [0.717, 1.165) is 6.42 Å². The molecule has 3 heteroatoms. The van der Waals surface area contributed by atoms with Crippen molar-refractivity contribution in [3.05, 3.63) is 0 Å². The first kappa shape index (κ1) is 6.98. The van der Waals surface area contributed by atoms with E-state index >= 15 is 0 Å². The molecule has 0 radical (unpaired) electrons. The molecule has 0 aromatic heterocycles. The number of halogens is 3. The van der Waals surface area contributed by atoms with E-state index in [0.29, 0.717) is 5.92 Å². The van der Waals surface area contributed by atoms with E-state index in [1.165, 1.54) is 0 Å². The zero-order valence-electron chi connectivity index (χ0n) is 4.50. The fourth-order valence-electron chi connectivity index (χ4n) is 0.733. The molecule has 0 aromatic rings. The summed E-state index contributed by atoms with van der Waals surface area (Å²) < 4.78 is -0.499. The van der Waals surface area contributed by atoms with E-state index in [4.69, 9.17) is 34.8 Å². The van der Waals surface area contributed by atoms with Crippen LogP contribution in [0.25, 0.3) is 0 Å². The number of alkyl halides is 3. The standard InChI is InChI=1S/C5H7Cl3/c1-3(6)4-2-5(4,7)8/h3-4H,2H2,1H3. The van der Waals surface area contributed by atoms with Crippen LogP contribution in [0, 0.1) is 5.92 Å². The first-order chi connectivity index (χ1) is 3.54. The monoisotopic (exact) mass is 172 g/mol. The van der Waals surface area contributed by atoms with Gasteiger partial charge < -0.3 is 0 Å². The maximum absolute atomic E-state index is 5.69. The SMILES string of the molecule is CC(Cl)C1CC1(Cl)Cl. The molecule has 0 saturated heterocycles. The molecule has 0 nitrogen and oxygen atoms in total. The lowest BCUT2D eigenvalue weighted by atomic mass is 10.3. The highest BCUT2D eigenvalue weighted by Crippen LogP contribution is 2.55. The van der Waals surface area contributed by atoms with Crippen LogP contribution in [0.15, 0.2) is 0 Å². The lowest BCUT2D eigenvalue weighted by Gasteiger charge is -1.98. The Bertz CT molecular complexity index is 97.8. The van der Waals surface area contributed by atoms with Gasteiger partial charge in [-0.1, -0.05) is 0 Å². The van der Waals surface area contributed by atoms with E-state index in [2.05, 4.69) is 0 Å². The van der Waals surface area contributed by atoms with Gasteiger partial charge in [0.25, 0.3) is 0 Å². The van der Waals surface area contributed by atoms with Crippen LogP contribution in [-0.2, 0) is 0 Å². The van der Waals surface area contributed by atoms with Crippen molar-refractivity contribution < 1.29 is 0 Å². The van der Waals surface area contributed by atoms with Crippen molar-refractivity contribution in [1.82, 2.24) is 0 Å². The summed E-state index contributed by atoms with van der Waals surface area (Å²) in [6.07, 6.45) is 0.848. The van der Waals surface area contributed by atoms with Gasteiger partial charge in [-0.25, -0.2) is 0 Å². The fourth-order valence-corrected chi connectivity index (χ4v) is 1.88. The van der Waals surface area contributed by atoms with Crippen molar-refractivity contribution >= 4 is 34.8 Å². The second kappa shape index (κ2) is 1.93. The molecule has 1 rings (SSSR count). The van der Waals surface area contributed by atoms with Gasteiger partial charge in [0.15, 0.2) is 0 Å². The van der Waals surface area contributed by atoms with Gasteiger partial charge in [-0.15, -0.1) is 34.8 Å². The van der Waals surface area contributed by atoms with Gasteiger partial charge in [-0.3, -0.25) is 0 Å². The zero-order valence-corrected chi connectivity index (χ0v) is 6.76. The molecule has 0 heterocycles. The summed E-state index contributed by atoms with van der Waals surface area (Å²) in [5.74, 6) is 0.312. The average molecular weight is 173 g/mol. The largest absolute Gasteiger partial charge is 0.123 e. The third-order valence-corrected chi connectivity index (χ3v) is 2.60. The Morgan fingerprint density at radius 1 is 1.62 bits per heavy atom. The summed E-state index contributed by atoms with van der Waals surface area (Å²) in [6, 6.07) is 0. The quantitative estimate of drug-likeness (QED) is 0.535. The highest BCUT2D eigenvalue weighted by atomic mass is 35.5. The molecule has 0 aromatic carbocycles. The summed E-state index contributed by atoms with van der Waals surface area (Å²) in [5, 5.41) is 0.116. The van der Waals surface area contributed by atoms with Crippen LogP contribution in [0.5, 0.6) is 0 Å². The predicted octanol–water partition coefficient (Wildman–Crippen LogP) is 2.81. The molecule has 8 heavy (non-hydrogen) atoms. The molecule has 2 unspecified atom stereocenters. The smallest absolute Gasteiger partial charge is 0.123 e. The molecule has 2 atom stereocenters. The minimum atomic E-state index is -0.499. The molecule has 1 saturated carbocycles. The van der Waals surface area contributed by atoms with E-state index in [1.807, 2.05) is 6.92 Å². The van der Waals surface area contributed by atoms with Crippen molar-refractivity contribution in [2.45, 2.75) is 23.1 Å². The van der Waals surface area contributed by atoms with Gasteiger partial charge in [0.1, 0.15) is 4.33 Å². The summed E-state index contributed by atoms with van der Waals surface area (Å²) >= 11 is 17.1. The van der Waals surface area contributed by atoms with Crippen molar-refractivity contribution in [3.63, 3.8) is 0 Å². The first-order valence-electron chi connectivity index (χ1n) is 2.56. The predicted molar refractivity (Wildman–Crippen MR) is 37.9 cm³/mol. The molecule has 0 amide bonds. The van der Waals surface area contributed by atoms with Crippen LogP contribution < -0.4 is 0 Å². The van der Waals surface area contributed by atoms with Crippen molar-refractivity contribution in [2.75, 3.05) is 0 Å². The Balaban J connectivity index is 2.37. The van der Waals surface area contributed by atoms with Crippen LogP contribution in [0.2, 0.25) is 0 Å². The van der Waals surface area contributed by atoms with E-state index in [-0.39, 0.29) is 5.38 Å². The molecule has 0 N–H and O–H groups in total. The fraction of sp³-hybridized carbons (Fsp3) is 1.00. The average Bonchev–Trinajstić information content (AvgIpc) is 2.13. The Kier molecular flexibility index (Phi) is 1.69. The summed E-state index contributed by atoms with van der Waals surface area (Å²) in [7, 11) is 0. The van der Waals surface area contributed by atoms with E-state index in [9.17, 15) is 0 Å². The van der Waals surface area contributed by atoms with Crippen LogP contribution >= 0.6 is 34.8 Å². The van der Waals surface area contributed by atoms with Gasteiger partial charge in [0, 0.05) is 11.3 Å². The topological polar surface area (TPSA) is 0 Å². The third kappa shape index (κ3) is 1.23. The lowest BCUT2D eigenvalue weighted by molar-refractivity contribution is 0.798. The molecule has 1 aliphatic carbocycles. The molecular weight excluding hydrogens is 166 g/mol. The van der Waals surface area contributed by atoms with Crippen LogP contribution in [0.1, 0.15) is 13.3 Å². The van der Waals surface area contributed by atoms with Crippen LogP contribution in [0.4, 0.5) is 0 Å². The minimum absolute atomic E-state index is 0.116. The number of hydrogen-bond acceptors (Lipinski definition) is 0. The van der Waals surface area contributed by atoms with Gasteiger partial charge in [-0.2, -0.15) is 0 Å².